The van der Waals surface area contributed by atoms with Gasteiger partial charge in [0.15, 0.2) is 0 Å². The van der Waals surface area contributed by atoms with E-state index in [-0.39, 0.29) is 42.2 Å². The Morgan fingerprint density at radius 2 is 1.93 bits per heavy atom. The van der Waals surface area contributed by atoms with Crippen LogP contribution in [-0.4, -0.2) is 55.4 Å². The molecule has 1 aliphatic carbocycles. The van der Waals surface area contributed by atoms with Gasteiger partial charge in [-0.1, -0.05) is 38.1 Å². The van der Waals surface area contributed by atoms with E-state index in [0.29, 0.717) is 19.6 Å². The largest absolute Gasteiger partial charge is 0.379 e. The molecule has 2 atom stereocenters. The standard InChI is InChI=1S/C21H33N3O3.2ClH/c1-4-27-18-13-21(22,20(18,2)3)19(25)23-14-16-6-5-7-17(12-16)15-24-8-10-26-11-9-24;;/h5-7,12,18H,4,8-11,13-15,22H2,1-3H3,(H,23,25);2*1H. The molecule has 3 rings (SSSR count). The summed E-state index contributed by atoms with van der Waals surface area (Å²) in [6.45, 7) is 11.6. The molecule has 1 heterocycles. The van der Waals surface area contributed by atoms with Crippen molar-refractivity contribution in [3.05, 3.63) is 35.4 Å². The van der Waals surface area contributed by atoms with Crippen LogP contribution in [0.25, 0.3) is 0 Å². The molecule has 1 aliphatic heterocycles. The van der Waals surface area contributed by atoms with Crippen molar-refractivity contribution in [3.8, 4) is 0 Å². The number of morpholine rings is 1. The molecular weight excluding hydrogens is 413 g/mol. The third-order valence-electron chi connectivity index (χ3n) is 6.19. The van der Waals surface area contributed by atoms with Crippen molar-refractivity contribution < 1.29 is 14.3 Å². The summed E-state index contributed by atoms with van der Waals surface area (Å²) in [7, 11) is 0. The molecule has 1 aromatic rings. The van der Waals surface area contributed by atoms with Gasteiger partial charge in [0, 0.05) is 44.6 Å². The number of rotatable bonds is 7. The van der Waals surface area contributed by atoms with Crippen LogP contribution in [0.3, 0.4) is 0 Å². The first-order valence-corrected chi connectivity index (χ1v) is 9.93. The fraction of sp³-hybridized carbons (Fsp3) is 0.667. The summed E-state index contributed by atoms with van der Waals surface area (Å²) in [5.74, 6) is -0.0953. The predicted molar refractivity (Wildman–Crippen MR) is 120 cm³/mol. The van der Waals surface area contributed by atoms with Gasteiger partial charge in [-0.25, -0.2) is 0 Å². The maximum atomic E-state index is 12.8. The maximum Gasteiger partial charge on any atom is 0.241 e. The van der Waals surface area contributed by atoms with Crippen LogP contribution in [0, 0.1) is 5.41 Å². The van der Waals surface area contributed by atoms with E-state index in [2.05, 4.69) is 22.3 Å². The quantitative estimate of drug-likeness (QED) is 0.671. The van der Waals surface area contributed by atoms with E-state index in [1.807, 2.05) is 32.9 Å². The van der Waals surface area contributed by atoms with Crippen LogP contribution in [0.4, 0.5) is 0 Å². The highest BCUT2D eigenvalue weighted by Gasteiger charge is 2.62. The minimum absolute atomic E-state index is 0. The third-order valence-corrected chi connectivity index (χ3v) is 6.19. The molecule has 1 saturated carbocycles. The molecule has 1 saturated heterocycles. The van der Waals surface area contributed by atoms with Crippen molar-refractivity contribution in [2.45, 2.75) is 51.9 Å². The van der Waals surface area contributed by atoms with Crippen LogP contribution < -0.4 is 11.1 Å². The molecule has 2 unspecified atom stereocenters. The highest BCUT2D eigenvalue weighted by atomic mass is 35.5. The van der Waals surface area contributed by atoms with Gasteiger partial charge in [-0.3, -0.25) is 9.69 Å². The zero-order valence-corrected chi connectivity index (χ0v) is 19.2. The number of halogens is 2. The van der Waals surface area contributed by atoms with Gasteiger partial charge in [-0.15, -0.1) is 24.8 Å². The zero-order valence-electron chi connectivity index (χ0n) is 17.6. The average Bonchev–Trinajstić information content (AvgIpc) is 2.67. The lowest BCUT2D eigenvalue weighted by Crippen LogP contribution is -2.75. The topological polar surface area (TPSA) is 76.8 Å². The van der Waals surface area contributed by atoms with Gasteiger partial charge in [-0.05, 0) is 18.1 Å². The van der Waals surface area contributed by atoms with Crippen LogP contribution >= 0.6 is 24.8 Å². The van der Waals surface area contributed by atoms with Gasteiger partial charge in [0.05, 0.1) is 19.3 Å². The lowest BCUT2D eigenvalue weighted by Gasteiger charge is -2.57. The molecule has 3 N–H and O–H groups in total. The summed E-state index contributed by atoms with van der Waals surface area (Å²) < 4.78 is 11.1. The number of nitrogens with zero attached hydrogens (tertiary/aromatic N) is 1. The first-order chi connectivity index (χ1) is 12.9. The summed E-state index contributed by atoms with van der Waals surface area (Å²) in [5, 5.41) is 3.04. The van der Waals surface area contributed by atoms with Crippen molar-refractivity contribution in [2.24, 2.45) is 11.1 Å². The fourth-order valence-electron chi connectivity index (χ4n) is 4.02. The molecule has 2 fully saturated rings. The second-order valence-corrected chi connectivity index (χ2v) is 8.23. The number of carbonyl (C=O) groups is 1. The van der Waals surface area contributed by atoms with Crippen molar-refractivity contribution in [1.82, 2.24) is 10.2 Å². The van der Waals surface area contributed by atoms with E-state index >= 15 is 0 Å². The molecule has 2 aliphatic rings. The molecule has 0 aromatic heterocycles. The summed E-state index contributed by atoms with van der Waals surface area (Å²) in [4.78, 5) is 15.2. The summed E-state index contributed by atoms with van der Waals surface area (Å²) in [5.41, 5.74) is 7.56. The van der Waals surface area contributed by atoms with Crippen LogP contribution in [0.5, 0.6) is 0 Å². The minimum atomic E-state index is -0.877. The smallest absolute Gasteiger partial charge is 0.241 e. The summed E-state index contributed by atoms with van der Waals surface area (Å²) in [6.07, 6.45) is 0.603. The highest BCUT2D eigenvalue weighted by Crippen LogP contribution is 2.49. The molecule has 8 heteroatoms. The van der Waals surface area contributed by atoms with Gasteiger partial charge in [0.1, 0.15) is 5.54 Å². The Balaban J connectivity index is 0.00000210. The molecule has 0 bridgehead atoms. The second kappa shape index (κ2) is 10.9. The van der Waals surface area contributed by atoms with E-state index in [0.717, 1.165) is 38.4 Å². The summed E-state index contributed by atoms with van der Waals surface area (Å²) >= 11 is 0. The van der Waals surface area contributed by atoms with Gasteiger partial charge < -0.3 is 20.5 Å². The Hall–Kier alpha value is -0.890. The number of amides is 1. The highest BCUT2D eigenvalue weighted by molar-refractivity contribution is 5.88. The molecule has 1 aromatic carbocycles. The molecule has 166 valence electrons. The van der Waals surface area contributed by atoms with Gasteiger partial charge in [0.25, 0.3) is 0 Å². The van der Waals surface area contributed by atoms with Crippen LogP contribution in [-0.2, 0) is 27.4 Å². The predicted octanol–water partition coefficient (Wildman–Crippen LogP) is 2.51. The van der Waals surface area contributed by atoms with Crippen molar-refractivity contribution in [1.29, 1.82) is 0 Å². The maximum absolute atomic E-state index is 12.8. The zero-order chi connectivity index (χ0) is 19.5. The lowest BCUT2D eigenvalue weighted by molar-refractivity contribution is -0.170. The monoisotopic (exact) mass is 447 g/mol. The first kappa shape index (κ1) is 26.1. The Bertz CT molecular complexity index is 668. The number of ether oxygens (including phenoxy) is 2. The lowest BCUT2D eigenvalue weighted by atomic mass is 9.54. The Kier molecular flexibility index (Phi) is 9.86. The molecule has 0 radical (unpaired) electrons. The van der Waals surface area contributed by atoms with Crippen LogP contribution in [0.1, 0.15) is 38.3 Å². The minimum Gasteiger partial charge on any atom is -0.379 e. The second-order valence-electron chi connectivity index (χ2n) is 8.23. The normalized spacial score (nSPS) is 25.9. The van der Waals surface area contributed by atoms with Crippen molar-refractivity contribution in [3.63, 3.8) is 0 Å². The SMILES string of the molecule is CCOC1CC(N)(C(=O)NCc2cccc(CN3CCOCC3)c2)C1(C)C.Cl.Cl. The van der Waals surface area contributed by atoms with Gasteiger partial charge >= 0.3 is 0 Å². The first-order valence-electron chi connectivity index (χ1n) is 9.93. The van der Waals surface area contributed by atoms with Gasteiger partial charge in [-0.2, -0.15) is 0 Å². The number of hydrogen-bond acceptors (Lipinski definition) is 5. The van der Waals surface area contributed by atoms with Crippen molar-refractivity contribution in [2.75, 3.05) is 32.9 Å². The molecule has 6 nitrogen and oxygen atoms in total. The number of benzene rings is 1. The average molecular weight is 448 g/mol. The van der Waals surface area contributed by atoms with Crippen molar-refractivity contribution >= 4 is 30.7 Å². The third kappa shape index (κ3) is 5.63. The number of nitrogens with one attached hydrogen (secondary N) is 1. The number of nitrogens with two attached hydrogens (primary N) is 1. The van der Waals surface area contributed by atoms with Crippen LogP contribution in [0.2, 0.25) is 0 Å². The Morgan fingerprint density at radius 3 is 2.55 bits per heavy atom. The van der Waals surface area contributed by atoms with E-state index in [1.165, 1.54) is 5.56 Å². The molecule has 29 heavy (non-hydrogen) atoms. The van der Waals surface area contributed by atoms with E-state index in [9.17, 15) is 4.79 Å². The Morgan fingerprint density at radius 1 is 1.28 bits per heavy atom. The fourth-order valence-corrected chi connectivity index (χ4v) is 4.02. The molecule has 0 spiro atoms. The Labute approximate surface area is 186 Å². The molecule has 1 amide bonds. The van der Waals surface area contributed by atoms with E-state index in [1.54, 1.807) is 0 Å². The number of carbonyl (C=O) groups excluding carboxylic acids is 1. The number of hydrogen-bond donors (Lipinski definition) is 2. The summed E-state index contributed by atoms with van der Waals surface area (Å²) in [6, 6.07) is 8.38. The van der Waals surface area contributed by atoms with E-state index < -0.39 is 5.54 Å². The van der Waals surface area contributed by atoms with E-state index in [4.69, 9.17) is 15.2 Å². The molecular formula is C21H35Cl2N3O3. The van der Waals surface area contributed by atoms with Gasteiger partial charge in [0.2, 0.25) is 5.91 Å². The van der Waals surface area contributed by atoms with Crippen LogP contribution in [0.15, 0.2) is 24.3 Å².